The number of aromatic nitrogens is 1. The quantitative estimate of drug-likeness (QED) is 0.110. The topological polar surface area (TPSA) is 219 Å². The second kappa shape index (κ2) is 19.4. The van der Waals surface area contributed by atoms with E-state index in [4.69, 9.17) is 11.5 Å². The number of unbranched alkanes of at least 4 members (excludes halogenated alkanes) is 1. The number of hydrogen-bond donors (Lipinski definition) is 6. The van der Waals surface area contributed by atoms with Gasteiger partial charge in [-0.1, -0.05) is 74.5 Å². The lowest BCUT2D eigenvalue weighted by molar-refractivity contribution is -0.139. The Labute approximate surface area is 330 Å². The Balaban J connectivity index is 1.29. The second-order valence-corrected chi connectivity index (χ2v) is 17.1. The van der Waals surface area contributed by atoms with Gasteiger partial charge in [0, 0.05) is 37.7 Å². The highest BCUT2D eigenvalue weighted by Crippen LogP contribution is 2.40. The third-order valence-corrected chi connectivity index (χ3v) is 12.1. The first-order valence-corrected chi connectivity index (χ1v) is 21.0. The number of carbonyl (C=O) groups is 4. The number of nitrogens with one attached hydrogen (secondary N) is 4. The van der Waals surface area contributed by atoms with Gasteiger partial charge in [0.05, 0.1) is 11.7 Å². The van der Waals surface area contributed by atoms with Crippen molar-refractivity contribution >= 4 is 33.7 Å². The summed E-state index contributed by atoms with van der Waals surface area (Å²) in [4.78, 5) is 62.0. The second-order valence-electron chi connectivity index (χ2n) is 15.4. The summed E-state index contributed by atoms with van der Waals surface area (Å²) in [5.41, 5.74) is 13.7. The average molecular weight is 789 g/mol. The Bertz CT molecular complexity index is 1900. The van der Waals surface area contributed by atoms with Crippen molar-refractivity contribution in [1.82, 2.24) is 30.6 Å². The van der Waals surface area contributed by atoms with Gasteiger partial charge in [-0.05, 0) is 80.7 Å². The number of amides is 4. The van der Waals surface area contributed by atoms with Gasteiger partial charge in [-0.15, -0.1) is 0 Å². The zero-order valence-corrected chi connectivity index (χ0v) is 33.1. The number of piperidine rings is 1. The molecule has 15 heteroatoms. The summed E-state index contributed by atoms with van der Waals surface area (Å²) in [5, 5.41) is 8.69. The van der Waals surface area contributed by atoms with Gasteiger partial charge in [-0.25, -0.2) is 13.1 Å². The monoisotopic (exact) mass is 788 g/mol. The Morgan fingerprint density at radius 2 is 1.39 bits per heavy atom. The Morgan fingerprint density at radius 3 is 2.02 bits per heavy atom. The van der Waals surface area contributed by atoms with Gasteiger partial charge in [-0.2, -0.15) is 0 Å². The smallest absolute Gasteiger partial charge is 0.245 e. The zero-order chi connectivity index (χ0) is 40.3. The highest BCUT2D eigenvalue weighted by Gasteiger charge is 2.46. The van der Waals surface area contributed by atoms with E-state index in [2.05, 4.69) is 25.7 Å². The van der Waals surface area contributed by atoms with Crippen LogP contribution in [0.2, 0.25) is 0 Å². The molecule has 1 aromatic heterocycles. The van der Waals surface area contributed by atoms with Crippen molar-refractivity contribution in [2.75, 3.05) is 26.2 Å². The van der Waals surface area contributed by atoms with E-state index < -0.39 is 57.3 Å². The van der Waals surface area contributed by atoms with E-state index in [1.54, 1.807) is 23.2 Å². The first kappa shape index (κ1) is 42.4. The molecule has 56 heavy (non-hydrogen) atoms. The zero-order valence-electron chi connectivity index (χ0n) is 32.3. The summed E-state index contributed by atoms with van der Waals surface area (Å²) in [6.07, 6.45) is 4.92. The third-order valence-electron chi connectivity index (χ3n) is 10.6. The minimum atomic E-state index is -3.66. The van der Waals surface area contributed by atoms with Crippen molar-refractivity contribution < 1.29 is 27.6 Å². The first-order valence-electron chi connectivity index (χ1n) is 19.5. The molecule has 0 saturated carbocycles. The molecule has 5 rings (SSSR count). The molecule has 1 spiro atoms. The van der Waals surface area contributed by atoms with Gasteiger partial charge in [0.15, 0.2) is 0 Å². The molecule has 0 radical (unpaired) electrons. The van der Waals surface area contributed by atoms with Crippen molar-refractivity contribution in [2.24, 2.45) is 17.4 Å². The molecule has 3 aromatic rings. The number of benzene rings is 2. The van der Waals surface area contributed by atoms with Crippen molar-refractivity contribution in [3.8, 4) is 0 Å². The van der Waals surface area contributed by atoms with E-state index in [0.29, 0.717) is 57.4 Å². The van der Waals surface area contributed by atoms with E-state index >= 15 is 0 Å². The number of carbonyl (C=O) groups excluding carboxylic acids is 4. The van der Waals surface area contributed by atoms with Crippen molar-refractivity contribution in [2.45, 2.75) is 99.7 Å². The largest absolute Gasteiger partial charge is 0.343 e. The number of pyridine rings is 1. The van der Waals surface area contributed by atoms with Crippen LogP contribution in [0.3, 0.4) is 0 Å². The van der Waals surface area contributed by atoms with Gasteiger partial charge in [0.1, 0.15) is 23.0 Å². The molecule has 1 fully saturated rings. The third kappa shape index (κ3) is 11.0. The lowest BCUT2D eigenvalue weighted by atomic mass is 9.75. The molecule has 2 aliphatic rings. The maximum absolute atomic E-state index is 14.1. The van der Waals surface area contributed by atoms with E-state index in [-0.39, 0.29) is 42.5 Å². The standard InChI is InChI=1S/C41H56N8O6S/c1-28(2)24-33(48-39(52)34(26-30-14-7-4-8-15-30)47-37(50)31(43)25-29-12-5-3-6-13-29)38(51)46-32(16-9-10-20-42)40(53)49-22-18-41(19-23-49)27-45-56(54,55)35-17-11-21-44-36(35)41/h3-8,11-15,17,21,28,31-34,45H,9-10,16,18-20,22-27,42-43H2,1-2H3,(H,46,51)(H,47,50)(H,48,52)/t31-,32-,33-,34-/m1/s1. The van der Waals surface area contributed by atoms with Crippen LogP contribution >= 0.6 is 0 Å². The summed E-state index contributed by atoms with van der Waals surface area (Å²) in [7, 11) is -3.66. The highest BCUT2D eigenvalue weighted by atomic mass is 32.2. The van der Waals surface area contributed by atoms with Crippen LogP contribution in [0.15, 0.2) is 83.9 Å². The fourth-order valence-electron chi connectivity index (χ4n) is 7.49. The number of nitrogens with zero attached hydrogens (tertiary/aromatic N) is 2. The molecular formula is C41H56N8O6S. The number of nitrogens with two attached hydrogens (primary N) is 2. The number of likely N-dealkylation sites (tertiary alicyclic amines) is 1. The molecule has 14 nitrogen and oxygen atoms in total. The van der Waals surface area contributed by atoms with E-state index in [1.807, 2.05) is 74.5 Å². The fraction of sp³-hybridized carbons (Fsp3) is 0.488. The van der Waals surface area contributed by atoms with Crippen LogP contribution in [-0.4, -0.2) is 92.3 Å². The molecule has 3 heterocycles. The van der Waals surface area contributed by atoms with Crippen molar-refractivity contribution in [1.29, 1.82) is 0 Å². The molecular weight excluding hydrogens is 733 g/mol. The predicted octanol–water partition coefficient (Wildman–Crippen LogP) is 1.68. The Morgan fingerprint density at radius 1 is 0.804 bits per heavy atom. The van der Waals surface area contributed by atoms with Crippen LogP contribution in [-0.2, 0) is 47.5 Å². The first-order chi connectivity index (χ1) is 26.8. The molecule has 8 N–H and O–H groups in total. The molecule has 4 amide bonds. The Hall–Kier alpha value is -4.70. The van der Waals surface area contributed by atoms with Gasteiger partial charge in [0.2, 0.25) is 33.7 Å². The summed E-state index contributed by atoms with van der Waals surface area (Å²) >= 11 is 0. The summed E-state index contributed by atoms with van der Waals surface area (Å²) in [6, 6.07) is 18.0. The number of sulfonamides is 1. The molecule has 0 bridgehead atoms. The number of rotatable bonds is 17. The van der Waals surface area contributed by atoms with E-state index in [0.717, 1.165) is 11.1 Å². The van der Waals surface area contributed by atoms with Gasteiger partial charge < -0.3 is 32.3 Å². The van der Waals surface area contributed by atoms with E-state index in [1.165, 1.54) is 0 Å². The minimum Gasteiger partial charge on any atom is -0.343 e. The molecule has 4 atom stereocenters. The van der Waals surface area contributed by atoms with Crippen molar-refractivity contribution in [3.63, 3.8) is 0 Å². The van der Waals surface area contributed by atoms with Crippen LogP contribution in [0.4, 0.5) is 0 Å². The molecule has 1 saturated heterocycles. The lowest BCUT2D eigenvalue weighted by Gasteiger charge is -2.44. The maximum Gasteiger partial charge on any atom is 0.245 e. The SMILES string of the molecule is CC(C)C[C@@H](NC(=O)[C@@H](Cc1ccccc1)NC(=O)[C@H](N)Cc1ccccc1)C(=O)N[C@H](CCCCN)C(=O)N1CCC2(CC1)CNS(=O)(=O)c1cccnc12. The van der Waals surface area contributed by atoms with Crippen molar-refractivity contribution in [3.05, 3.63) is 95.8 Å². The average Bonchev–Trinajstić information content (AvgIpc) is 3.19. The van der Waals surface area contributed by atoms with E-state index in [9.17, 15) is 27.6 Å². The highest BCUT2D eigenvalue weighted by molar-refractivity contribution is 7.89. The van der Waals surface area contributed by atoms with Crippen LogP contribution in [0.1, 0.15) is 69.2 Å². The maximum atomic E-state index is 14.1. The molecule has 2 aromatic carbocycles. The molecule has 2 aliphatic heterocycles. The number of fused-ring (bicyclic) bond motifs is 2. The van der Waals surface area contributed by atoms with Gasteiger partial charge in [-0.3, -0.25) is 24.2 Å². The normalized spacial score (nSPS) is 17.9. The van der Waals surface area contributed by atoms with Crippen LogP contribution in [0.25, 0.3) is 0 Å². The summed E-state index contributed by atoms with van der Waals surface area (Å²) < 4.78 is 28.1. The summed E-state index contributed by atoms with van der Waals surface area (Å²) in [6.45, 7) is 5.19. The number of hydrogen-bond acceptors (Lipinski definition) is 9. The van der Waals surface area contributed by atoms with Gasteiger partial charge in [0.25, 0.3) is 0 Å². The van der Waals surface area contributed by atoms with Crippen LogP contribution < -0.4 is 32.1 Å². The van der Waals surface area contributed by atoms with Crippen LogP contribution in [0, 0.1) is 5.92 Å². The van der Waals surface area contributed by atoms with Crippen LogP contribution in [0.5, 0.6) is 0 Å². The fourth-order valence-corrected chi connectivity index (χ4v) is 8.89. The lowest BCUT2D eigenvalue weighted by Crippen LogP contribution is -2.60. The predicted molar refractivity (Wildman–Crippen MR) is 213 cm³/mol. The molecule has 0 aliphatic carbocycles. The minimum absolute atomic E-state index is 0.00147. The molecule has 0 unspecified atom stereocenters. The van der Waals surface area contributed by atoms with Gasteiger partial charge >= 0.3 is 0 Å². The Kier molecular flexibility index (Phi) is 14.7. The molecule has 302 valence electrons. The summed E-state index contributed by atoms with van der Waals surface area (Å²) in [5.74, 6) is -1.79.